The second-order valence-electron chi connectivity index (χ2n) is 6.55. The van der Waals surface area contributed by atoms with Gasteiger partial charge in [0.15, 0.2) is 0 Å². The van der Waals surface area contributed by atoms with Gasteiger partial charge < -0.3 is 20.1 Å². The molecule has 0 bridgehead atoms. The van der Waals surface area contributed by atoms with Crippen LogP contribution < -0.4 is 5.32 Å². The molecule has 9 heteroatoms. The van der Waals surface area contributed by atoms with Gasteiger partial charge in [0.1, 0.15) is 0 Å². The highest BCUT2D eigenvalue weighted by Crippen LogP contribution is 2.29. The first kappa shape index (κ1) is 19.0. The normalized spacial score (nSPS) is 22.2. The maximum atomic E-state index is 12.4. The summed E-state index contributed by atoms with van der Waals surface area (Å²) in [5.41, 5.74) is -0.388. The second kappa shape index (κ2) is 7.69. The molecule has 0 spiro atoms. The van der Waals surface area contributed by atoms with Crippen molar-refractivity contribution in [3.05, 3.63) is 0 Å². The van der Waals surface area contributed by atoms with Crippen LogP contribution in [0.2, 0.25) is 0 Å². The lowest BCUT2D eigenvalue weighted by Gasteiger charge is -2.36. The summed E-state index contributed by atoms with van der Waals surface area (Å²) < 4.78 is 42.4. The van der Waals surface area contributed by atoms with Crippen LogP contribution >= 0.6 is 0 Å². The van der Waals surface area contributed by atoms with Crippen molar-refractivity contribution in [1.82, 2.24) is 10.2 Å². The predicted octanol–water partition coefficient (Wildman–Crippen LogP) is 0.693. The molecule has 138 valence electrons. The van der Waals surface area contributed by atoms with Gasteiger partial charge in [-0.1, -0.05) is 0 Å². The van der Waals surface area contributed by atoms with Crippen molar-refractivity contribution in [2.24, 2.45) is 11.3 Å². The number of hydrogen-bond acceptors (Lipinski definition) is 4. The number of carbonyl (C=O) groups excluding carboxylic acids is 2. The number of piperidine rings is 1. The first-order valence-electron chi connectivity index (χ1n) is 8.10. The van der Waals surface area contributed by atoms with Crippen molar-refractivity contribution in [3.63, 3.8) is 0 Å². The van der Waals surface area contributed by atoms with Crippen LogP contribution in [-0.4, -0.2) is 67.5 Å². The number of aliphatic hydroxyl groups is 1. The fraction of sp³-hybridized carbons (Fsp3) is 0.867. The molecular formula is C15H23F3N2O4. The largest absolute Gasteiger partial charge is 0.471 e. The van der Waals surface area contributed by atoms with E-state index in [2.05, 4.69) is 5.32 Å². The molecule has 2 amide bonds. The van der Waals surface area contributed by atoms with E-state index >= 15 is 0 Å². The van der Waals surface area contributed by atoms with Crippen LogP contribution in [0.5, 0.6) is 0 Å². The standard InChI is InChI=1S/C15H23F3N2O4/c16-15(17,18)13(23)20-5-1-11(2-6-20)12(22)19-9-14(10-21)3-7-24-8-4-14/h11,21H,1-10H2,(H,19,22). The number of carbonyl (C=O) groups is 2. The molecule has 0 aromatic carbocycles. The van der Waals surface area contributed by atoms with E-state index < -0.39 is 18.0 Å². The van der Waals surface area contributed by atoms with Crippen LogP contribution in [0.25, 0.3) is 0 Å². The lowest BCUT2D eigenvalue weighted by Crippen LogP contribution is -2.49. The number of hydrogen-bond donors (Lipinski definition) is 2. The molecule has 0 radical (unpaired) electrons. The van der Waals surface area contributed by atoms with Crippen LogP contribution in [0.4, 0.5) is 13.2 Å². The Hall–Kier alpha value is -1.35. The number of nitrogens with zero attached hydrogens (tertiary/aromatic N) is 1. The number of ether oxygens (including phenoxy) is 1. The van der Waals surface area contributed by atoms with E-state index in [1.807, 2.05) is 0 Å². The first-order valence-corrected chi connectivity index (χ1v) is 8.10. The summed E-state index contributed by atoms with van der Waals surface area (Å²) in [5.74, 6) is -2.48. The van der Waals surface area contributed by atoms with Crippen LogP contribution in [-0.2, 0) is 14.3 Å². The Morgan fingerprint density at radius 2 is 1.79 bits per heavy atom. The maximum Gasteiger partial charge on any atom is 0.471 e. The minimum absolute atomic E-state index is 0.0465. The van der Waals surface area contributed by atoms with Gasteiger partial charge >= 0.3 is 12.1 Å². The van der Waals surface area contributed by atoms with E-state index in [-0.39, 0.29) is 43.9 Å². The summed E-state index contributed by atoms with van der Waals surface area (Å²) >= 11 is 0. The predicted molar refractivity (Wildman–Crippen MR) is 77.9 cm³/mol. The minimum atomic E-state index is -4.87. The molecule has 0 unspecified atom stereocenters. The second-order valence-corrected chi connectivity index (χ2v) is 6.55. The zero-order valence-corrected chi connectivity index (χ0v) is 13.4. The summed E-state index contributed by atoms with van der Waals surface area (Å²) in [6, 6.07) is 0. The first-order chi connectivity index (χ1) is 11.3. The highest BCUT2D eigenvalue weighted by molar-refractivity contribution is 5.83. The SMILES string of the molecule is O=C(NCC1(CO)CCOCC1)C1CCN(C(=O)C(F)(F)F)CC1. The van der Waals surface area contributed by atoms with Crippen molar-refractivity contribution < 1.29 is 32.6 Å². The summed E-state index contributed by atoms with van der Waals surface area (Å²) in [6.07, 6.45) is -3.14. The number of amides is 2. The molecular weight excluding hydrogens is 329 g/mol. The summed E-state index contributed by atoms with van der Waals surface area (Å²) in [5, 5.41) is 12.4. The molecule has 2 fully saturated rings. The van der Waals surface area contributed by atoms with Gasteiger partial charge in [0, 0.05) is 44.2 Å². The van der Waals surface area contributed by atoms with Gasteiger partial charge in [-0.05, 0) is 25.7 Å². The third kappa shape index (κ3) is 4.60. The molecule has 2 rings (SSSR count). The molecule has 0 aliphatic carbocycles. The molecule has 0 aromatic heterocycles. The molecule has 2 N–H and O–H groups in total. The van der Waals surface area contributed by atoms with Crippen molar-refractivity contribution in [3.8, 4) is 0 Å². The Morgan fingerprint density at radius 1 is 1.21 bits per heavy atom. The Labute approximate surface area is 138 Å². The molecule has 0 saturated carbocycles. The molecule has 2 aliphatic heterocycles. The molecule has 6 nitrogen and oxygen atoms in total. The highest BCUT2D eigenvalue weighted by atomic mass is 19.4. The topological polar surface area (TPSA) is 78.9 Å². The molecule has 2 heterocycles. The third-order valence-electron chi connectivity index (χ3n) is 4.92. The van der Waals surface area contributed by atoms with Crippen LogP contribution in [0.15, 0.2) is 0 Å². The smallest absolute Gasteiger partial charge is 0.396 e. The average Bonchev–Trinajstić information content (AvgIpc) is 2.59. The zero-order chi connectivity index (χ0) is 17.8. The van der Waals surface area contributed by atoms with Gasteiger partial charge in [0.05, 0.1) is 6.61 Å². The van der Waals surface area contributed by atoms with Gasteiger partial charge in [0.25, 0.3) is 0 Å². The molecule has 0 atom stereocenters. The maximum absolute atomic E-state index is 12.4. The average molecular weight is 352 g/mol. The Balaban J connectivity index is 1.79. The molecule has 2 aliphatic rings. The highest BCUT2D eigenvalue weighted by Gasteiger charge is 2.43. The van der Waals surface area contributed by atoms with E-state index in [9.17, 15) is 27.9 Å². The number of aliphatic hydroxyl groups excluding tert-OH is 1. The van der Waals surface area contributed by atoms with E-state index in [1.54, 1.807) is 0 Å². The van der Waals surface area contributed by atoms with Gasteiger partial charge in [-0.25, -0.2) is 0 Å². The van der Waals surface area contributed by atoms with Crippen molar-refractivity contribution >= 4 is 11.8 Å². The number of alkyl halides is 3. The van der Waals surface area contributed by atoms with E-state index in [1.165, 1.54) is 0 Å². The Kier molecular flexibility index (Phi) is 6.08. The monoisotopic (exact) mass is 352 g/mol. The summed E-state index contributed by atoms with van der Waals surface area (Å²) in [7, 11) is 0. The van der Waals surface area contributed by atoms with Gasteiger partial charge in [-0.3, -0.25) is 9.59 Å². The van der Waals surface area contributed by atoms with Gasteiger partial charge in [-0.15, -0.1) is 0 Å². The zero-order valence-electron chi connectivity index (χ0n) is 13.4. The Bertz CT molecular complexity index is 456. The number of rotatable bonds is 4. The van der Waals surface area contributed by atoms with Crippen molar-refractivity contribution in [2.75, 3.05) is 39.5 Å². The quantitative estimate of drug-likeness (QED) is 0.780. The fourth-order valence-corrected chi connectivity index (χ4v) is 3.14. The lowest BCUT2D eigenvalue weighted by molar-refractivity contribution is -0.186. The fourth-order valence-electron chi connectivity index (χ4n) is 3.14. The Morgan fingerprint density at radius 3 is 2.29 bits per heavy atom. The van der Waals surface area contributed by atoms with Crippen molar-refractivity contribution in [1.29, 1.82) is 0 Å². The van der Waals surface area contributed by atoms with E-state index in [0.29, 0.717) is 32.6 Å². The summed E-state index contributed by atoms with van der Waals surface area (Å²) in [6.45, 7) is 1.20. The lowest BCUT2D eigenvalue weighted by atomic mass is 9.81. The van der Waals surface area contributed by atoms with Crippen LogP contribution in [0.3, 0.4) is 0 Å². The molecule has 0 aromatic rings. The van der Waals surface area contributed by atoms with E-state index in [4.69, 9.17) is 4.74 Å². The van der Waals surface area contributed by atoms with Crippen LogP contribution in [0.1, 0.15) is 25.7 Å². The minimum Gasteiger partial charge on any atom is -0.396 e. The summed E-state index contributed by atoms with van der Waals surface area (Å²) in [4.78, 5) is 24.1. The number of likely N-dealkylation sites (tertiary alicyclic amines) is 1. The third-order valence-corrected chi connectivity index (χ3v) is 4.92. The van der Waals surface area contributed by atoms with Crippen LogP contribution in [0, 0.1) is 11.3 Å². The van der Waals surface area contributed by atoms with Gasteiger partial charge in [-0.2, -0.15) is 13.2 Å². The number of halogens is 3. The molecule has 2 saturated heterocycles. The van der Waals surface area contributed by atoms with Gasteiger partial charge in [0.2, 0.25) is 5.91 Å². The molecule has 24 heavy (non-hydrogen) atoms. The van der Waals surface area contributed by atoms with Crippen molar-refractivity contribution in [2.45, 2.75) is 31.9 Å². The number of nitrogens with one attached hydrogen (secondary N) is 1. The van der Waals surface area contributed by atoms with E-state index in [0.717, 1.165) is 4.90 Å².